The Bertz CT molecular complexity index is 442. The quantitative estimate of drug-likeness (QED) is 0.841. The lowest BCUT2D eigenvalue weighted by molar-refractivity contribution is -0.144. The third-order valence-corrected chi connectivity index (χ3v) is 4.42. The van der Waals surface area contributed by atoms with Crippen LogP contribution in [0, 0.1) is 5.92 Å². The molecule has 1 saturated heterocycles. The molecule has 0 aromatic heterocycles. The van der Waals surface area contributed by atoms with Crippen molar-refractivity contribution in [3.8, 4) is 0 Å². The summed E-state index contributed by atoms with van der Waals surface area (Å²) in [5.41, 5.74) is 1.10. The number of likely N-dealkylation sites (tertiary alicyclic amines) is 1. The van der Waals surface area contributed by atoms with Gasteiger partial charge in [0.25, 0.3) is 5.91 Å². The second-order valence-electron chi connectivity index (χ2n) is 6.10. The Morgan fingerprint density at radius 2 is 2.00 bits per heavy atom. The summed E-state index contributed by atoms with van der Waals surface area (Å²) in [4.78, 5) is 14.4. The molecule has 1 amide bonds. The van der Waals surface area contributed by atoms with Gasteiger partial charge in [0, 0.05) is 13.1 Å². The van der Waals surface area contributed by atoms with Crippen LogP contribution in [0.5, 0.6) is 0 Å². The Morgan fingerprint density at radius 1 is 1.32 bits per heavy atom. The van der Waals surface area contributed by atoms with Gasteiger partial charge in [-0.2, -0.15) is 0 Å². The first-order valence-corrected chi connectivity index (χ1v) is 8.29. The first-order valence-electron chi connectivity index (χ1n) is 8.29. The molecule has 1 unspecified atom stereocenters. The van der Waals surface area contributed by atoms with Crippen LogP contribution in [0.2, 0.25) is 0 Å². The zero-order valence-electron chi connectivity index (χ0n) is 13.8. The van der Waals surface area contributed by atoms with E-state index >= 15 is 0 Å². The lowest BCUT2D eigenvalue weighted by Crippen LogP contribution is -2.44. The molecule has 122 valence electrons. The molecule has 1 atom stereocenters. The standard InChI is InChI=1S/C18H28N2O2/c1-15(22-14-17-6-4-3-5-7-17)18(21)20-12-9-16(10-13-20)8-11-19-2/h3-7,15-16,19H,8-14H2,1-2H3. The maximum absolute atomic E-state index is 12.4. The molecular weight excluding hydrogens is 276 g/mol. The number of hydrogen-bond donors (Lipinski definition) is 1. The van der Waals surface area contributed by atoms with E-state index in [2.05, 4.69) is 5.32 Å². The Balaban J connectivity index is 1.72. The molecule has 0 spiro atoms. The van der Waals surface area contributed by atoms with Crippen LogP contribution in [0.25, 0.3) is 0 Å². The van der Waals surface area contributed by atoms with E-state index in [0.29, 0.717) is 6.61 Å². The molecule has 0 bridgehead atoms. The van der Waals surface area contributed by atoms with Gasteiger partial charge in [-0.3, -0.25) is 4.79 Å². The normalized spacial score (nSPS) is 17.5. The summed E-state index contributed by atoms with van der Waals surface area (Å²) in [6.07, 6.45) is 3.06. The fourth-order valence-corrected chi connectivity index (χ4v) is 2.91. The molecule has 0 aliphatic carbocycles. The van der Waals surface area contributed by atoms with Crippen molar-refractivity contribution in [2.24, 2.45) is 5.92 Å². The lowest BCUT2D eigenvalue weighted by atomic mass is 9.93. The van der Waals surface area contributed by atoms with Crippen LogP contribution in [-0.2, 0) is 16.1 Å². The summed E-state index contributed by atoms with van der Waals surface area (Å²) in [6, 6.07) is 9.99. The minimum atomic E-state index is -0.367. The molecule has 2 rings (SSSR count). The molecule has 1 aliphatic heterocycles. The molecule has 1 heterocycles. The second-order valence-corrected chi connectivity index (χ2v) is 6.10. The van der Waals surface area contributed by atoms with Crippen molar-refractivity contribution >= 4 is 5.91 Å². The predicted octanol–water partition coefficient (Wildman–Crippen LogP) is 2.44. The number of ether oxygens (including phenoxy) is 1. The maximum atomic E-state index is 12.4. The average molecular weight is 304 g/mol. The van der Waals surface area contributed by atoms with Gasteiger partial charge >= 0.3 is 0 Å². The fraction of sp³-hybridized carbons (Fsp3) is 0.611. The van der Waals surface area contributed by atoms with Crippen LogP contribution >= 0.6 is 0 Å². The van der Waals surface area contributed by atoms with Gasteiger partial charge in [-0.25, -0.2) is 0 Å². The van der Waals surface area contributed by atoms with E-state index in [9.17, 15) is 4.79 Å². The Hall–Kier alpha value is -1.39. The number of nitrogens with one attached hydrogen (secondary N) is 1. The zero-order chi connectivity index (χ0) is 15.8. The van der Waals surface area contributed by atoms with Crippen molar-refractivity contribution in [2.45, 2.75) is 38.9 Å². The van der Waals surface area contributed by atoms with Crippen LogP contribution in [-0.4, -0.2) is 43.6 Å². The fourth-order valence-electron chi connectivity index (χ4n) is 2.91. The van der Waals surface area contributed by atoms with E-state index in [1.165, 1.54) is 6.42 Å². The number of piperidine rings is 1. The monoisotopic (exact) mass is 304 g/mol. The van der Waals surface area contributed by atoms with E-state index < -0.39 is 0 Å². The molecular formula is C18H28N2O2. The number of nitrogens with zero attached hydrogens (tertiary/aromatic N) is 1. The Kier molecular flexibility index (Phi) is 6.87. The first kappa shape index (κ1) is 17.0. The summed E-state index contributed by atoms with van der Waals surface area (Å²) < 4.78 is 5.73. The number of hydrogen-bond acceptors (Lipinski definition) is 3. The first-order chi connectivity index (χ1) is 10.7. The highest BCUT2D eigenvalue weighted by Gasteiger charge is 2.26. The molecule has 1 aromatic carbocycles. The van der Waals surface area contributed by atoms with Crippen molar-refractivity contribution in [1.82, 2.24) is 10.2 Å². The smallest absolute Gasteiger partial charge is 0.251 e. The summed E-state index contributed by atoms with van der Waals surface area (Å²) in [7, 11) is 1.99. The van der Waals surface area contributed by atoms with Crippen molar-refractivity contribution in [3.63, 3.8) is 0 Å². The number of rotatable bonds is 7. The van der Waals surface area contributed by atoms with Gasteiger partial charge in [0.1, 0.15) is 6.10 Å². The second kappa shape index (κ2) is 8.91. The summed E-state index contributed by atoms with van der Waals surface area (Å²) in [5.74, 6) is 0.875. The Morgan fingerprint density at radius 3 is 2.64 bits per heavy atom. The van der Waals surface area contributed by atoms with E-state index in [4.69, 9.17) is 4.74 Å². The van der Waals surface area contributed by atoms with Crippen LogP contribution in [0.1, 0.15) is 31.7 Å². The molecule has 22 heavy (non-hydrogen) atoms. The predicted molar refractivity (Wildman–Crippen MR) is 88.5 cm³/mol. The SMILES string of the molecule is CNCCC1CCN(C(=O)C(C)OCc2ccccc2)CC1. The minimum absolute atomic E-state index is 0.128. The Labute approximate surface area is 133 Å². The summed E-state index contributed by atoms with van der Waals surface area (Å²) >= 11 is 0. The molecule has 4 nitrogen and oxygen atoms in total. The largest absolute Gasteiger partial charge is 0.364 e. The van der Waals surface area contributed by atoms with Gasteiger partial charge in [-0.1, -0.05) is 30.3 Å². The summed E-state index contributed by atoms with van der Waals surface area (Å²) in [5, 5.41) is 3.20. The van der Waals surface area contributed by atoms with Crippen LogP contribution < -0.4 is 5.32 Å². The summed E-state index contributed by atoms with van der Waals surface area (Å²) in [6.45, 7) is 5.15. The van der Waals surface area contributed by atoms with Crippen LogP contribution in [0.4, 0.5) is 0 Å². The third kappa shape index (κ3) is 5.11. The topological polar surface area (TPSA) is 41.6 Å². The van der Waals surface area contributed by atoms with Crippen molar-refractivity contribution < 1.29 is 9.53 Å². The lowest BCUT2D eigenvalue weighted by Gasteiger charge is -2.33. The maximum Gasteiger partial charge on any atom is 0.251 e. The average Bonchev–Trinajstić information content (AvgIpc) is 2.58. The molecule has 0 radical (unpaired) electrons. The molecule has 1 fully saturated rings. The number of carbonyl (C=O) groups excluding carboxylic acids is 1. The van der Waals surface area contributed by atoms with E-state index in [0.717, 1.165) is 44.0 Å². The van der Waals surface area contributed by atoms with Gasteiger partial charge in [-0.05, 0) is 51.3 Å². The van der Waals surface area contributed by atoms with Crippen LogP contribution in [0.3, 0.4) is 0 Å². The van der Waals surface area contributed by atoms with Gasteiger partial charge in [-0.15, -0.1) is 0 Å². The van der Waals surface area contributed by atoms with Crippen molar-refractivity contribution in [3.05, 3.63) is 35.9 Å². The molecule has 0 saturated carbocycles. The van der Waals surface area contributed by atoms with Crippen molar-refractivity contribution in [1.29, 1.82) is 0 Å². The van der Waals surface area contributed by atoms with Gasteiger partial charge in [0.05, 0.1) is 6.61 Å². The molecule has 1 aliphatic rings. The minimum Gasteiger partial charge on any atom is -0.364 e. The zero-order valence-corrected chi connectivity index (χ0v) is 13.8. The van der Waals surface area contributed by atoms with Crippen molar-refractivity contribution in [2.75, 3.05) is 26.7 Å². The van der Waals surface area contributed by atoms with Crippen LogP contribution in [0.15, 0.2) is 30.3 Å². The van der Waals surface area contributed by atoms with Gasteiger partial charge in [0.2, 0.25) is 0 Å². The van der Waals surface area contributed by atoms with Gasteiger partial charge < -0.3 is 15.0 Å². The number of benzene rings is 1. The third-order valence-electron chi connectivity index (χ3n) is 4.42. The number of amides is 1. The number of carbonyl (C=O) groups is 1. The highest BCUT2D eigenvalue weighted by Crippen LogP contribution is 2.21. The highest BCUT2D eigenvalue weighted by atomic mass is 16.5. The molecule has 4 heteroatoms. The van der Waals surface area contributed by atoms with E-state index in [-0.39, 0.29) is 12.0 Å². The highest BCUT2D eigenvalue weighted by molar-refractivity contribution is 5.80. The van der Waals surface area contributed by atoms with Gasteiger partial charge in [0.15, 0.2) is 0 Å². The van der Waals surface area contributed by atoms with E-state index in [1.54, 1.807) is 0 Å². The molecule has 1 aromatic rings. The van der Waals surface area contributed by atoms with E-state index in [1.807, 2.05) is 49.2 Å². The molecule has 1 N–H and O–H groups in total.